The maximum absolute atomic E-state index is 8.12. The molecule has 0 saturated heterocycles. The van der Waals surface area contributed by atoms with Gasteiger partial charge >= 0.3 is 6.15 Å². The molecule has 0 aromatic heterocycles. The predicted molar refractivity (Wildman–Crippen MR) is 29.6 cm³/mol. The first-order valence-electron chi connectivity index (χ1n) is 0.986. The Bertz CT molecular complexity index is 47.2. The second kappa shape index (κ2) is 31800. The predicted octanol–water partition coefficient (Wildman–Crippen LogP) is -0.841. The lowest BCUT2D eigenvalue weighted by molar-refractivity contribution is -0.191. The van der Waals surface area contributed by atoms with Gasteiger partial charge in [-0.1, -0.05) is 0 Å². The summed E-state index contributed by atoms with van der Waals surface area (Å²) in [4.78, 5) is 32.2. The fourth-order valence-electron chi connectivity index (χ4n) is 0. The minimum atomic E-state index is 0. The summed E-state index contributed by atoms with van der Waals surface area (Å²) < 4.78 is 0. The molecule has 0 amide bonds. The first-order valence-corrected chi connectivity index (χ1v) is 0.986. The molecule has 0 aromatic rings. The molecule has 0 aliphatic carbocycles. The van der Waals surface area contributed by atoms with E-state index < -0.39 is 0 Å². The molecule has 0 rings (SSSR count). The molecule has 0 aromatic carbocycles. The molecule has 0 atom stereocenters. The van der Waals surface area contributed by atoms with Gasteiger partial charge in [0, 0.05) is 0 Å². The van der Waals surface area contributed by atoms with Crippen molar-refractivity contribution in [3.05, 3.63) is 0 Å². The standard InChI is InChI=1S/CO2.2CH2O.H2S/c2-1-3;2*1-2;/h;2*1H2;1H2. The van der Waals surface area contributed by atoms with Crippen molar-refractivity contribution in [2.24, 2.45) is 0 Å². The van der Waals surface area contributed by atoms with E-state index in [2.05, 4.69) is 0 Å². The monoisotopic (exact) mass is 138 g/mol. The summed E-state index contributed by atoms with van der Waals surface area (Å²) in [6.45, 7) is 4.00. The molecule has 0 N–H and O–H groups in total. The molecule has 0 aliphatic heterocycles. The van der Waals surface area contributed by atoms with Gasteiger partial charge in [0.2, 0.25) is 0 Å². The van der Waals surface area contributed by atoms with Crippen molar-refractivity contribution in [3.63, 3.8) is 0 Å². The average Bonchev–Trinajstić information content (AvgIpc) is 1.78. The first kappa shape index (κ1) is 27.6. The number of carbonyl (C=O) groups is 2. The van der Waals surface area contributed by atoms with Crippen LogP contribution in [0.1, 0.15) is 0 Å². The van der Waals surface area contributed by atoms with Gasteiger partial charge in [-0.2, -0.15) is 23.1 Å². The number of carbonyl (C=O) groups excluding carboxylic acids is 4. The molecule has 48 valence electrons. The Labute approximate surface area is 53.3 Å². The minimum absolute atomic E-state index is 0. The van der Waals surface area contributed by atoms with Gasteiger partial charge in [-0.3, -0.25) is 0 Å². The SMILES string of the molecule is C=O.C=O.O=C=O.S. The molecule has 0 bridgehead atoms. The van der Waals surface area contributed by atoms with E-state index in [0.717, 1.165) is 0 Å². The fourth-order valence-corrected chi connectivity index (χ4v) is 0. The molecule has 0 fully saturated rings. The van der Waals surface area contributed by atoms with Crippen LogP contribution in [0.2, 0.25) is 0 Å². The molecule has 0 unspecified atom stereocenters. The Hall–Kier alpha value is -0.930. The summed E-state index contributed by atoms with van der Waals surface area (Å²) in [5.74, 6) is 0. The van der Waals surface area contributed by atoms with Crippen LogP contribution in [-0.4, -0.2) is 19.7 Å². The summed E-state index contributed by atoms with van der Waals surface area (Å²) in [6, 6.07) is 0. The zero-order valence-electron chi connectivity index (χ0n) is 4.05. The smallest absolute Gasteiger partial charge is 0.307 e. The lowest BCUT2D eigenvalue weighted by Gasteiger charge is -0.945. The molecule has 5 heteroatoms. The van der Waals surface area contributed by atoms with Gasteiger partial charge in [-0.15, -0.1) is 0 Å². The van der Waals surface area contributed by atoms with Crippen molar-refractivity contribution in [1.29, 1.82) is 0 Å². The topological polar surface area (TPSA) is 68.3 Å². The van der Waals surface area contributed by atoms with Crippen LogP contribution in [0.15, 0.2) is 0 Å². The van der Waals surface area contributed by atoms with Crippen molar-refractivity contribution in [3.8, 4) is 0 Å². The number of hydrogen-bond donors (Lipinski definition) is 0. The van der Waals surface area contributed by atoms with Crippen LogP contribution in [0.25, 0.3) is 0 Å². The second-order valence-electron chi connectivity index (χ2n) is 0.0833. The van der Waals surface area contributed by atoms with Gasteiger partial charge in [0.15, 0.2) is 0 Å². The third kappa shape index (κ3) is 97.1. The zero-order chi connectivity index (χ0) is 6.71. The minimum Gasteiger partial charge on any atom is -0.307 e. The highest BCUT2D eigenvalue weighted by Gasteiger charge is 1.13. The van der Waals surface area contributed by atoms with Crippen LogP contribution in [0.5, 0.6) is 0 Å². The maximum Gasteiger partial charge on any atom is 0.373 e. The highest BCUT2D eigenvalue weighted by atomic mass is 32.1. The van der Waals surface area contributed by atoms with Gasteiger partial charge in [0.25, 0.3) is 0 Å². The molecule has 0 heterocycles. The van der Waals surface area contributed by atoms with Crippen molar-refractivity contribution < 1.29 is 19.2 Å². The van der Waals surface area contributed by atoms with Crippen molar-refractivity contribution in [2.75, 3.05) is 0 Å². The van der Waals surface area contributed by atoms with Crippen LogP contribution in [-0.2, 0) is 19.2 Å². The van der Waals surface area contributed by atoms with E-state index in [-0.39, 0.29) is 19.6 Å². The van der Waals surface area contributed by atoms with E-state index in [1.807, 2.05) is 13.6 Å². The van der Waals surface area contributed by atoms with Crippen LogP contribution in [0.3, 0.4) is 0 Å². The Morgan fingerprint density at radius 3 is 0.875 bits per heavy atom. The van der Waals surface area contributed by atoms with Crippen LogP contribution in [0.4, 0.5) is 0 Å². The van der Waals surface area contributed by atoms with Crippen molar-refractivity contribution in [2.45, 2.75) is 0 Å². The fraction of sp³-hybridized carbons (Fsp3) is 0. The molecule has 0 radical (unpaired) electrons. The van der Waals surface area contributed by atoms with E-state index in [1.165, 1.54) is 0 Å². The summed E-state index contributed by atoms with van der Waals surface area (Å²) in [6.07, 6.45) is 0.250. The summed E-state index contributed by atoms with van der Waals surface area (Å²) >= 11 is 0. The molecule has 8 heavy (non-hydrogen) atoms. The summed E-state index contributed by atoms with van der Waals surface area (Å²) in [5, 5.41) is 0. The van der Waals surface area contributed by atoms with Gasteiger partial charge in [0.1, 0.15) is 13.6 Å². The second-order valence-corrected chi connectivity index (χ2v) is 0.0833. The highest BCUT2D eigenvalue weighted by Crippen LogP contribution is 0.787. The van der Waals surface area contributed by atoms with Gasteiger partial charge in [-0.25, -0.2) is 0 Å². The number of hydrogen-bond acceptors (Lipinski definition) is 4. The molecular formula is C3H6O4S. The van der Waals surface area contributed by atoms with Crippen LogP contribution < -0.4 is 0 Å². The van der Waals surface area contributed by atoms with Gasteiger partial charge in [-0.05, 0) is 0 Å². The molecule has 4 nitrogen and oxygen atoms in total. The van der Waals surface area contributed by atoms with E-state index in [0.29, 0.717) is 0 Å². The first-order chi connectivity index (χ1) is 3.41. The lowest BCUT2D eigenvalue weighted by atomic mass is 11.8. The van der Waals surface area contributed by atoms with Crippen LogP contribution >= 0.6 is 13.5 Å². The van der Waals surface area contributed by atoms with Crippen LogP contribution in [0, 0.1) is 0 Å². The largest absolute Gasteiger partial charge is 0.373 e. The maximum atomic E-state index is 8.12. The van der Waals surface area contributed by atoms with E-state index in [1.54, 1.807) is 0 Å². The Balaban J connectivity index is -0.0000000147. The molecule has 0 aliphatic rings. The Morgan fingerprint density at radius 1 is 0.875 bits per heavy atom. The van der Waals surface area contributed by atoms with E-state index in [4.69, 9.17) is 19.2 Å². The zero-order valence-corrected chi connectivity index (χ0v) is 5.05. The molecular weight excluding hydrogens is 132 g/mol. The summed E-state index contributed by atoms with van der Waals surface area (Å²) in [7, 11) is 0. The Morgan fingerprint density at radius 2 is 0.875 bits per heavy atom. The van der Waals surface area contributed by atoms with Crippen molar-refractivity contribution >= 4 is 33.2 Å². The Kier molecular flexibility index (Phi) is 110000. The normalized spacial score (nSPS) is 2.00. The average molecular weight is 138 g/mol. The third-order valence-electron chi connectivity index (χ3n) is 0. The van der Waals surface area contributed by atoms with Gasteiger partial charge < -0.3 is 9.59 Å². The van der Waals surface area contributed by atoms with E-state index >= 15 is 0 Å². The highest BCUT2D eigenvalue weighted by molar-refractivity contribution is 7.59. The molecule has 0 saturated carbocycles. The van der Waals surface area contributed by atoms with E-state index in [9.17, 15) is 0 Å². The summed E-state index contributed by atoms with van der Waals surface area (Å²) in [5.41, 5.74) is 0. The van der Waals surface area contributed by atoms with Crippen molar-refractivity contribution in [1.82, 2.24) is 0 Å². The quantitative estimate of drug-likeness (QED) is 0.437. The molecule has 0 spiro atoms. The third-order valence-corrected chi connectivity index (χ3v) is 0. The number of rotatable bonds is 0. The lowest BCUT2D eigenvalue weighted by Crippen LogP contribution is -1.22. The van der Waals surface area contributed by atoms with Gasteiger partial charge in [0.05, 0.1) is 0 Å².